The average molecular weight is 380 g/mol. The Morgan fingerprint density at radius 3 is 2.80 bits per heavy atom. The standard InChI is InChI=1S/C13H16BrClN2O2S/c14-10-1-2-12(11(15)7-10)20(18,19)17-6-4-13(9-17)3-5-16-8-13/h1-2,7,16H,3-6,8-9H2. The van der Waals surface area contributed by atoms with E-state index in [-0.39, 0.29) is 15.3 Å². The van der Waals surface area contributed by atoms with E-state index in [1.54, 1.807) is 22.5 Å². The molecule has 1 N–H and O–H groups in total. The van der Waals surface area contributed by atoms with Gasteiger partial charge in [-0.3, -0.25) is 0 Å². The summed E-state index contributed by atoms with van der Waals surface area (Å²) < 4.78 is 27.8. The van der Waals surface area contributed by atoms with Crippen LogP contribution in [0.3, 0.4) is 0 Å². The summed E-state index contributed by atoms with van der Waals surface area (Å²) in [5.41, 5.74) is 0.120. The van der Waals surface area contributed by atoms with Crippen molar-refractivity contribution in [2.24, 2.45) is 5.41 Å². The first kappa shape index (κ1) is 14.8. The molecule has 0 saturated carbocycles. The Morgan fingerprint density at radius 1 is 1.35 bits per heavy atom. The molecule has 4 nitrogen and oxygen atoms in total. The summed E-state index contributed by atoms with van der Waals surface area (Å²) in [6, 6.07) is 4.90. The van der Waals surface area contributed by atoms with Crippen LogP contribution in [-0.4, -0.2) is 38.9 Å². The molecule has 1 aromatic rings. The highest BCUT2D eigenvalue weighted by molar-refractivity contribution is 9.10. The summed E-state index contributed by atoms with van der Waals surface area (Å²) in [6.07, 6.45) is 1.97. The van der Waals surface area contributed by atoms with Crippen molar-refractivity contribution in [2.45, 2.75) is 17.7 Å². The fraction of sp³-hybridized carbons (Fsp3) is 0.538. The van der Waals surface area contributed by atoms with Crippen molar-refractivity contribution in [1.29, 1.82) is 0 Å². The first-order chi connectivity index (χ1) is 9.43. The van der Waals surface area contributed by atoms with Crippen molar-refractivity contribution in [3.8, 4) is 0 Å². The van der Waals surface area contributed by atoms with Crippen molar-refractivity contribution in [2.75, 3.05) is 26.2 Å². The molecule has 1 aromatic carbocycles. The van der Waals surface area contributed by atoms with E-state index in [4.69, 9.17) is 11.6 Å². The minimum Gasteiger partial charge on any atom is -0.316 e. The SMILES string of the molecule is O=S(=O)(c1ccc(Br)cc1Cl)N1CCC2(CCNC2)C1. The van der Waals surface area contributed by atoms with E-state index in [0.29, 0.717) is 13.1 Å². The van der Waals surface area contributed by atoms with Crippen molar-refractivity contribution < 1.29 is 8.42 Å². The highest BCUT2D eigenvalue weighted by atomic mass is 79.9. The summed E-state index contributed by atoms with van der Waals surface area (Å²) in [7, 11) is -3.50. The first-order valence-electron chi connectivity index (χ1n) is 6.59. The smallest absolute Gasteiger partial charge is 0.244 e. The molecule has 1 spiro atoms. The summed E-state index contributed by atoms with van der Waals surface area (Å²) in [5.74, 6) is 0. The molecule has 0 radical (unpaired) electrons. The van der Waals surface area contributed by atoms with E-state index < -0.39 is 10.0 Å². The van der Waals surface area contributed by atoms with Crippen LogP contribution in [0.5, 0.6) is 0 Å². The average Bonchev–Trinajstić information content (AvgIpc) is 3.00. The lowest BCUT2D eigenvalue weighted by Gasteiger charge is -2.23. The van der Waals surface area contributed by atoms with Gasteiger partial charge in [-0.15, -0.1) is 0 Å². The van der Waals surface area contributed by atoms with Crippen LogP contribution in [0.1, 0.15) is 12.8 Å². The third kappa shape index (κ3) is 2.52. The lowest BCUT2D eigenvalue weighted by atomic mass is 9.87. The number of rotatable bonds is 2. The summed E-state index contributed by atoms with van der Waals surface area (Å²) in [4.78, 5) is 0.199. The van der Waals surface area contributed by atoms with E-state index >= 15 is 0 Å². The molecular formula is C13H16BrClN2O2S. The van der Waals surface area contributed by atoms with E-state index in [0.717, 1.165) is 30.4 Å². The van der Waals surface area contributed by atoms with Gasteiger partial charge in [0.1, 0.15) is 4.90 Å². The van der Waals surface area contributed by atoms with Gasteiger partial charge in [0, 0.05) is 24.1 Å². The number of benzene rings is 1. The molecule has 2 aliphatic heterocycles. The van der Waals surface area contributed by atoms with Crippen LogP contribution < -0.4 is 5.32 Å². The lowest BCUT2D eigenvalue weighted by molar-refractivity contribution is 0.338. The monoisotopic (exact) mass is 378 g/mol. The summed E-state index contributed by atoms with van der Waals surface area (Å²) >= 11 is 9.39. The molecular weight excluding hydrogens is 364 g/mol. The van der Waals surface area contributed by atoms with Crippen LogP contribution in [0.4, 0.5) is 0 Å². The van der Waals surface area contributed by atoms with Gasteiger partial charge < -0.3 is 5.32 Å². The number of hydrogen-bond acceptors (Lipinski definition) is 3. The molecule has 1 atom stereocenters. The van der Waals surface area contributed by atoms with E-state index in [9.17, 15) is 8.42 Å². The maximum atomic E-state index is 12.7. The maximum Gasteiger partial charge on any atom is 0.244 e. The second-order valence-corrected chi connectivity index (χ2v) is 8.82. The number of halogens is 2. The normalized spacial score (nSPS) is 27.5. The molecule has 0 aromatic heterocycles. The third-order valence-corrected chi connectivity index (χ3v) is 7.07. The Balaban J connectivity index is 1.89. The molecule has 0 aliphatic carbocycles. The van der Waals surface area contributed by atoms with Gasteiger partial charge in [-0.25, -0.2) is 8.42 Å². The van der Waals surface area contributed by atoms with Crippen molar-refractivity contribution >= 4 is 37.6 Å². The van der Waals surface area contributed by atoms with Gasteiger partial charge in [0.05, 0.1) is 5.02 Å². The molecule has 110 valence electrons. The number of hydrogen-bond donors (Lipinski definition) is 1. The fourth-order valence-electron chi connectivity index (χ4n) is 3.07. The van der Waals surface area contributed by atoms with Gasteiger partial charge in [0.25, 0.3) is 0 Å². The van der Waals surface area contributed by atoms with Crippen LogP contribution >= 0.6 is 27.5 Å². The number of sulfonamides is 1. The van der Waals surface area contributed by atoms with Gasteiger partial charge in [-0.1, -0.05) is 27.5 Å². The van der Waals surface area contributed by atoms with Crippen LogP contribution in [0, 0.1) is 5.41 Å². The molecule has 20 heavy (non-hydrogen) atoms. The zero-order chi connectivity index (χ0) is 14.4. The minimum absolute atomic E-state index is 0.120. The molecule has 2 saturated heterocycles. The summed E-state index contributed by atoms with van der Waals surface area (Å²) in [6.45, 7) is 3.06. The highest BCUT2D eigenvalue weighted by Crippen LogP contribution is 2.39. The zero-order valence-corrected chi connectivity index (χ0v) is 14.1. The van der Waals surface area contributed by atoms with Gasteiger partial charge in [-0.2, -0.15) is 4.31 Å². The second-order valence-electron chi connectivity index (χ2n) is 5.59. The molecule has 1 unspecified atom stereocenters. The van der Waals surface area contributed by atoms with E-state index in [1.165, 1.54) is 0 Å². The summed E-state index contributed by atoms with van der Waals surface area (Å²) in [5, 5.41) is 3.60. The maximum absolute atomic E-state index is 12.7. The van der Waals surface area contributed by atoms with E-state index in [2.05, 4.69) is 21.2 Å². The number of nitrogens with zero attached hydrogens (tertiary/aromatic N) is 1. The quantitative estimate of drug-likeness (QED) is 0.859. The molecule has 2 aliphatic rings. The fourth-order valence-corrected chi connectivity index (χ4v) is 5.63. The first-order valence-corrected chi connectivity index (χ1v) is 9.20. The molecule has 0 bridgehead atoms. The van der Waals surface area contributed by atoms with Gasteiger partial charge >= 0.3 is 0 Å². The predicted octanol–water partition coefficient (Wildman–Crippen LogP) is 2.48. The highest BCUT2D eigenvalue weighted by Gasteiger charge is 2.44. The minimum atomic E-state index is -3.50. The molecule has 7 heteroatoms. The van der Waals surface area contributed by atoms with Crippen LogP contribution in [0.15, 0.2) is 27.6 Å². The Morgan fingerprint density at radius 2 is 2.15 bits per heavy atom. The van der Waals surface area contributed by atoms with Crippen molar-refractivity contribution in [3.63, 3.8) is 0 Å². The molecule has 0 amide bonds. The predicted molar refractivity (Wildman–Crippen MR) is 82.4 cm³/mol. The Labute approximate surface area is 132 Å². The van der Waals surface area contributed by atoms with Crippen molar-refractivity contribution in [1.82, 2.24) is 9.62 Å². The van der Waals surface area contributed by atoms with Gasteiger partial charge in [0.15, 0.2) is 0 Å². The number of nitrogens with one attached hydrogen (secondary N) is 1. The van der Waals surface area contributed by atoms with E-state index in [1.807, 2.05) is 0 Å². The molecule has 2 fully saturated rings. The largest absolute Gasteiger partial charge is 0.316 e. The third-order valence-electron chi connectivity index (χ3n) is 4.25. The Bertz CT molecular complexity index is 629. The van der Waals surface area contributed by atoms with Crippen LogP contribution in [0.2, 0.25) is 5.02 Å². The Hall–Kier alpha value is -0.140. The van der Waals surface area contributed by atoms with Gasteiger partial charge in [-0.05, 0) is 43.0 Å². The van der Waals surface area contributed by atoms with Crippen LogP contribution in [0.25, 0.3) is 0 Å². The molecule has 2 heterocycles. The van der Waals surface area contributed by atoms with Crippen LogP contribution in [-0.2, 0) is 10.0 Å². The zero-order valence-electron chi connectivity index (χ0n) is 10.9. The second kappa shape index (κ2) is 5.25. The Kier molecular flexibility index (Phi) is 3.88. The lowest BCUT2D eigenvalue weighted by Crippen LogP contribution is -2.33. The van der Waals surface area contributed by atoms with Gasteiger partial charge in [0.2, 0.25) is 10.0 Å². The molecule has 3 rings (SSSR count). The topological polar surface area (TPSA) is 49.4 Å². The van der Waals surface area contributed by atoms with Crippen molar-refractivity contribution in [3.05, 3.63) is 27.7 Å².